The van der Waals surface area contributed by atoms with Gasteiger partial charge >= 0.3 is 12.1 Å². The first-order valence-electron chi connectivity index (χ1n) is 7.92. The highest BCUT2D eigenvalue weighted by Crippen LogP contribution is 2.31. The number of aliphatic carboxylic acids is 1. The Hall–Kier alpha value is -1.26. The summed E-state index contributed by atoms with van der Waals surface area (Å²) in [4.78, 5) is 24.9. The van der Waals surface area contributed by atoms with Gasteiger partial charge in [0.05, 0.1) is 0 Å². The van der Waals surface area contributed by atoms with Crippen molar-refractivity contribution in [1.29, 1.82) is 0 Å². The fourth-order valence-electron chi connectivity index (χ4n) is 2.86. The van der Waals surface area contributed by atoms with Crippen molar-refractivity contribution in [2.75, 3.05) is 13.1 Å². The number of ether oxygens (including phenoxy) is 1. The molecule has 5 nitrogen and oxygen atoms in total. The average molecular weight is 299 g/mol. The summed E-state index contributed by atoms with van der Waals surface area (Å²) in [6, 6.07) is 0. The number of likely N-dealkylation sites (tertiary alicyclic amines) is 1. The van der Waals surface area contributed by atoms with Crippen LogP contribution in [0.4, 0.5) is 4.79 Å². The first-order valence-corrected chi connectivity index (χ1v) is 7.92. The van der Waals surface area contributed by atoms with Crippen molar-refractivity contribution >= 4 is 12.1 Å². The molecule has 1 aliphatic heterocycles. The molecule has 1 aliphatic rings. The van der Waals surface area contributed by atoms with Gasteiger partial charge in [0.15, 0.2) is 0 Å². The van der Waals surface area contributed by atoms with E-state index >= 15 is 0 Å². The molecule has 1 amide bonds. The van der Waals surface area contributed by atoms with Gasteiger partial charge in [-0.25, -0.2) is 4.79 Å². The van der Waals surface area contributed by atoms with E-state index in [9.17, 15) is 9.59 Å². The van der Waals surface area contributed by atoms with Crippen LogP contribution in [0.1, 0.15) is 59.8 Å². The second-order valence-corrected chi connectivity index (χ2v) is 6.98. The number of carboxylic acids is 1. The molecule has 2 unspecified atom stereocenters. The molecule has 21 heavy (non-hydrogen) atoms. The second-order valence-electron chi connectivity index (χ2n) is 6.98. The van der Waals surface area contributed by atoms with Crippen molar-refractivity contribution in [3.63, 3.8) is 0 Å². The maximum atomic E-state index is 12.1. The van der Waals surface area contributed by atoms with Crippen LogP contribution >= 0.6 is 0 Å². The summed E-state index contributed by atoms with van der Waals surface area (Å²) in [6.45, 7) is 8.91. The Morgan fingerprint density at radius 1 is 1.29 bits per heavy atom. The molecule has 0 bridgehead atoms. The molecule has 5 heteroatoms. The monoisotopic (exact) mass is 299 g/mol. The summed E-state index contributed by atoms with van der Waals surface area (Å²) in [5.41, 5.74) is -0.492. The molecule has 0 radical (unpaired) electrons. The van der Waals surface area contributed by atoms with Crippen LogP contribution in [0.2, 0.25) is 0 Å². The Kier molecular flexibility index (Phi) is 6.49. The Morgan fingerprint density at radius 2 is 1.95 bits per heavy atom. The maximum absolute atomic E-state index is 12.1. The van der Waals surface area contributed by atoms with Gasteiger partial charge in [0.25, 0.3) is 0 Å². The molecule has 1 N–H and O–H groups in total. The third-order valence-corrected chi connectivity index (χ3v) is 3.91. The number of amides is 1. The number of carbonyl (C=O) groups excluding carboxylic acids is 1. The topological polar surface area (TPSA) is 66.8 Å². The summed E-state index contributed by atoms with van der Waals surface area (Å²) in [5, 5.41) is 9.03. The smallest absolute Gasteiger partial charge is 0.410 e. The highest BCUT2D eigenvalue weighted by Gasteiger charge is 2.34. The number of hydrogen-bond acceptors (Lipinski definition) is 3. The van der Waals surface area contributed by atoms with E-state index in [0.717, 1.165) is 25.7 Å². The van der Waals surface area contributed by atoms with Gasteiger partial charge in [-0.2, -0.15) is 0 Å². The standard InChI is InChI=1S/C16H29NO4/c1-5-6-7-13-11-17(15(20)21-16(2,3)4)9-8-12(13)10-14(18)19/h12-13H,5-11H2,1-4H3,(H,18,19). The Bertz CT molecular complexity index is 362. The lowest BCUT2D eigenvalue weighted by atomic mass is 9.80. The number of hydrogen-bond donors (Lipinski definition) is 1. The van der Waals surface area contributed by atoms with E-state index < -0.39 is 11.6 Å². The van der Waals surface area contributed by atoms with Crippen molar-refractivity contribution < 1.29 is 19.4 Å². The van der Waals surface area contributed by atoms with Crippen LogP contribution in [0.25, 0.3) is 0 Å². The zero-order chi connectivity index (χ0) is 16.0. The molecule has 1 fully saturated rings. The summed E-state index contributed by atoms with van der Waals surface area (Å²) in [5.74, 6) is -0.303. The van der Waals surface area contributed by atoms with Gasteiger partial charge in [-0.1, -0.05) is 19.8 Å². The van der Waals surface area contributed by atoms with Gasteiger partial charge in [0.2, 0.25) is 0 Å². The zero-order valence-electron chi connectivity index (χ0n) is 13.7. The van der Waals surface area contributed by atoms with Crippen molar-refractivity contribution in [2.24, 2.45) is 11.8 Å². The molecule has 122 valence electrons. The number of unbranched alkanes of at least 4 members (excludes halogenated alkanes) is 1. The molecule has 0 spiro atoms. The van der Waals surface area contributed by atoms with E-state index in [-0.39, 0.29) is 24.3 Å². The quantitative estimate of drug-likeness (QED) is 0.843. The minimum absolute atomic E-state index is 0.174. The lowest BCUT2D eigenvalue weighted by molar-refractivity contribution is -0.139. The van der Waals surface area contributed by atoms with E-state index in [0.29, 0.717) is 13.1 Å². The first-order chi connectivity index (χ1) is 9.73. The van der Waals surface area contributed by atoms with Gasteiger partial charge in [0.1, 0.15) is 5.60 Å². The maximum Gasteiger partial charge on any atom is 0.410 e. The fraction of sp³-hybridized carbons (Fsp3) is 0.875. The van der Waals surface area contributed by atoms with Crippen molar-refractivity contribution in [3.8, 4) is 0 Å². The normalized spacial score (nSPS) is 23.0. The highest BCUT2D eigenvalue weighted by atomic mass is 16.6. The largest absolute Gasteiger partial charge is 0.481 e. The van der Waals surface area contributed by atoms with E-state index in [4.69, 9.17) is 9.84 Å². The average Bonchev–Trinajstić information content (AvgIpc) is 2.34. The number of carbonyl (C=O) groups is 2. The van der Waals surface area contributed by atoms with Crippen LogP contribution in [0.5, 0.6) is 0 Å². The molecule has 2 atom stereocenters. The lowest BCUT2D eigenvalue weighted by Crippen LogP contribution is -2.46. The Balaban J connectivity index is 2.64. The van der Waals surface area contributed by atoms with Crippen molar-refractivity contribution in [2.45, 2.75) is 65.4 Å². The number of rotatable bonds is 5. The molecule has 1 rings (SSSR count). The summed E-state index contributed by atoms with van der Waals surface area (Å²) < 4.78 is 5.42. The van der Waals surface area contributed by atoms with Crippen LogP contribution < -0.4 is 0 Å². The molecule has 0 saturated carbocycles. The number of piperidine rings is 1. The Morgan fingerprint density at radius 3 is 2.48 bits per heavy atom. The van der Waals surface area contributed by atoms with Crippen molar-refractivity contribution in [1.82, 2.24) is 4.90 Å². The van der Waals surface area contributed by atoms with Gasteiger partial charge in [-0.15, -0.1) is 0 Å². The molecule has 1 saturated heterocycles. The minimum Gasteiger partial charge on any atom is -0.481 e. The fourth-order valence-corrected chi connectivity index (χ4v) is 2.86. The van der Waals surface area contributed by atoms with Gasteiger partial charge in [-0.3, -0.25) is 4.79 Å². The molecule has 1 heterocycles. The zero-order valence-corrected chi connectivity index (χ0v) is 13.7. The van der Waals surface area contributed by atoms with Gasteiger partial charge in [0, 0.05) is 19.5 Å². The molecular weight excluding hydrogens is 270 g/mol. The number of nitrogens with zero attached hydrogens (tertiary/aromatic N) is 1. The molecule has 0 aromatic heterocycles. The van der Waals surface area contributed by atoms with E-state index in [1.54, 1.807) is 4.90 Å². The highest BCUT2D eigenvalue weighted by molar-refractivity contribution is 5.69. The molecular formula is C16H29NO4. The van der Waals surface area contributed by atoms with Gasteiger partial charge < -0.3 is 14.7 Å². The van der Waals surface area contributed by atoms with Crippen LogP contribution in [-0.4, -0.2) is 40.8 Å². The van der Waals surface area contributed by atoms with E-state index in [1.807, 2.05) is 20.8 Å². The third-order valence-electron chi connectivity index (χ3n) is 3.91. The molecule has 0 aliphatic carbocycles. The van der Waals surface area contributed by atoms with Gasteiger partial charge in [-0.05, 0) is 45.4 Å². The minimum atomic E-state index is -0.743. The summed E-state index contributed by atoms with van der Waals surface area (Å²) in [6.07, 6.45) is 3.81. The lowest BCUT2D eigenvalue weighted by Gasteiger charge is -2.38. The van der Waals surface area contributed by atoms with Crippen LogP contribution in [0, 0.1) is 11.8 Å². The SMILES string of the molecule is CCCCC1CN(C(=O)OC(C)(C)C)CCC1CC(=O)O. The third kappa shape index (κ3) is 6.36. The second kappa shape index (κ2) is 7.66. The predicted molar refractivity (Wildman–Crippen MR) is 81.2 cm³/mol. The van der Waals surface area contributed by atoms with Crippen LogP contribution in [0.3, 0.4) is 0 Å². The van der Waals surface area contributed by atoms with E-state index in [1.165, 1.54) is 0 Å². The van der Waals surface area contributed by atoms with E-state index in [2.05, 4.69) is 6.92 Å². The molecule has 0 aromatic carbocycles. The summed E-state index contributed by atoms with van der Waals surface area (Å²) in [7, 11) is 0. The first kappa shape index (κ1) is 17.8. The predicted octanol–water partition coefficient (Wildman–Crippen LogP) is 3.52. The number of carboxylic acid groups (broad SMARTS) is 1. The summed E-state index contributed by atoms with van der Waals surface area (Å²) >= 11 is 0. The Labute approximate surface area is 127 Å². The van der Waals surface area contributed by atoms with Crippen LogP contribution in [-0.2, 0) is 9.53 Å². The van der Waals surface area contributed by atoms with Crippen LogP contribution in [0.15, 0.2) is 0 Å². The van der Waals surface area contributed by atoms with Crippen molar-refractivity contribution in [3.05, 3.63) is 0 Å². The molecule has 0 aromatic rings.